The number of hydrogen-bond acceptors (Lipinski definition) is 6. The normalized spacial score (nSPS) is 10.7. The van der Waals surface area contributed by atoms with Gasteiger partial charge in [-0.25, -0.2) is 46.3 Å². The average molecular weight is 566 g/mol. The maximum Gasteiger partial charge on any atom is 0.337 e. The van der Waals surface area contributed by atoms with Crippen LogP contribution in [0, 0.1) is 23.3 Å². The van der Waals surface area contributed by atoms with Crippen LogP contribution in [-0.4, -0.2) is 66.5 Å². The van der Waals surface area contributed by atoms with E-state index >= 15 is 17.6 Å². The molecule has 0 unspecified atom stereocenters. The van der Waals surface area contributed by atoms with Crippen LogP contribution in [0.4, 0.5) is 17.6 Å². The van der Waals surface area contributed by atoms with Crippen molar-refractivity contribution in [1.29, 1.82) is 0 Å². The summed E-state index contributed by atoms with van der Waals surface area (Å²) in [7, 11) is 0. The number of aromatic carboxylic acids is 6. The first kappa shape index (κ1) is 28.8. The SMILES string of the molecule is O=C(O)c1ccc(C(=O)O)c(-c2c(F)c(F)c(-c3c(C(=O)O)ccc(C(=O)O)c3C(=O)O)c(F)c2F)c1C(=O)O. The van der Waals surface area contributed by atoms with E-state index in [1.54, 1.807) is 0 Å². The molecule has 0 saturated carbocycles. The van der Waals surface area contributed by atoms with Crippen LogP contribution in [-0.2, 0) is 0 Å². The highest BCUT2D eigenvalue weighted by molar-refractivity contribution is 6.13. The number of benzene rings is 3. The summed E-state index contributed by atoms with van der Waals surface area (Å²) in [5.41, 5.74) is -15.7. The molecule has 0 atom stereocenters. The van der Waals surface area contributed by atoms with Crippen molar-refractivity contribution < 1.29 is 77.0 Å². The summed E-state index contributed by atoms with van der Waals surface area (Å²) < 4.78 is 62.0. The minimum absolute atomic E-state index is 0.386. The molecule has 16 heteroatoms. The summed E-state index contributed by atoms with van der Waals surface area (Å²) in [6.07, 6.45) is 0. The Morgan fingerprint density at radius 1 is 0.375 bits per heavy atom. The number of carbonyl (C=O) groups is 6. The van der Waals surface area contributed by atoms with Gasteiger partial charge in [-0.2, -0.15) is 0 Å². The summed E-state index contributed by atoms with van der Waals surface area (Å²) in [6.45, 7) is 0. The van der Waals surface area contributed by atoms with Crippen molar-refractivity contribution in [3.05, 3.63) is 80.9 Å². The summed E-state index contributed by atoms with van der Waals surface area (Å²) in [5, 5.41) is 56.5. The summed E-state index contributed by atoms with van der Waals surface area (Å²) >= 11 is 0. The molecule has 0 aliphatic heterocycles. The van der Waals surface area contributed by atoms with Crippen LogP contribution in [0.1, 0.15) is 62.1 Å². The van der Waals surface area contributed by atoms with Crippen molar-refractivity contribution in [1.82, 2.24) is 0 Å². The fourth-order valence-electron chi connectivity index (χ4n) is 3.95. The van der Waals surface area contributed by atoms with Crippen LogP contribution < -0.4 is 0 Å². The van der Waals surface area contributed by atoms with E-state index in [-0.39, 0.29) is 0 Å². The summed E-state index contributed by atoms with van der Waals surface area (Å²) in [5.74, 6) is -23.2. The first-order chi connectivity index (χ1) is 18.5. The molecule has 0 saturated heterocycles. The van der Waals surface area contributed by atoms with Crippen LogP contribution in [0.15, 0.2) is 24.3 Å². The van der Waals surface area contributed by atoms with Gasteiger partial charge >= 0.3 is 35.8 Å². The first-order valence-electron chi connectivity index (χ1n) is 10.1. The van der Waals surface area contributed by atoms with Crippen molar-refractivity contribution in [3.8, 4) is 22.3 Å². The van der Waals surface area contributed by atoms with E-state index in [1.165, 1.54) is 0 Å². The molecule has 0 spiro atoms. The van der Waals surface area contributed by atoms with E-state index in [0.717, 1.165) is 0 Å². The summed E-state index contributed by atoms with van der Waals surface area (Å²) in [6, 6.07) is 1.64. The summed E-state index contributed by atoms with van der Waals surface area (Å²) in [4.78, 5) is 70.1. The standard InChI is InChI=1S/C24H10F4O12/c25-15-13(9-5(19(29)30)1-3-7(21(33)34)11(9)23(37)38)16(26)18(28)14(17(15)27)10-6(20(31)32)2-4-8(22(35)36)12(10)24(39)40/h1-4H,(H,29,30)(H,31,32)(H,33,34)(H,35,36)(H,37,38)(H,39,40). The highest BCUT2D eigenvalue weighted by Gasteiger charge is 2.37. The molecular weight excluding hydrogens is 556 g/mol. The molecule has 0 aromatic heterocycles. The lowest BCUT2D eigenvalue weighted by atomic mass is 9.86. The molecule has 0 bridgehead atoms. The van der Waals surface area contributed by atoms with Gasteiger partial charge in [0.15, 0.2) is 23.3 Å². The molecule has 6 N–H and O–H groups in total. The molecule has 0 radical (unpaired) electrons. The molecule has 0 fully saturated rings. The molecule has 206 valence electrons. The van der Waals surface area contributed by atoms with Gasteiger partial charge in [-0.3, -0.25) is 0 Å². The van der Waals surface area contributed by atoms with Crippen LogP contribution in [0.5, 0.6) is 0 Å². The Bertz CT molecular complexity index is 1560. The maximum atomic E-state index is 15.5. The molecule has 12 nitrogen and oxygen atoms in total. The molecule has 40 heavy (non-hydrogen) atoms. The van der Waals surface area contributed by atoms with Gasteiger partial charge in [0.05, 0.1) is 44.5 Å². The fourth-order valence-corrected chi connectivity index (χ4v) is 3.95. The van der Waals surface area contributed by atoms with E-state index in [4.69, 9.17) is 0 Å². The minimum atomic E-state index is -2.59. The molecule has 3 aromatic carbocycles. The second kappa shape index (κ2) is 10.2. The van der Waals surface area contributed by atoms with Crippen molar-refractivity contribution in [2.24, 2.45) is 0 Å². The third kappa shape index (κ3) is 4.42. The van der Waals surface area contributed by atoms with Gasteiger partial charge in [-0.1, -0.05) is 0 Å². The molecule has 0 amide bonds. The zero-order valence-electron chi connectivity index (χ0n) is 19.0. The van der Waals surface area contributed by atoms with Crippen LogP contribution in [0.3, 0.4) is 0 Å². The second-order valence-corrected chi connectivity index (χ2v) is 7.66. The van der Waals surface area contributed by atoms with E-state index in [0.29, 0.717) is 24.3 Å². The largest absolute Gasteiger partial charge is 0.478 e. The van der Waals surface area contributed by atoms with Gasteiger partial charge < -0.3 is 30.6 Å². The lowest BCUT2D eigenvalue weighted by Gasteiger charge is -2.19. The third-order valence-electron chi connectivity index (χ3n) is 5.52. The highest BCUT2D eigenvalue weighted by atomic mass is 19.2. The van der Waals surface area contributed by atoms with Crippen molar-refractivity contribution in [3.63, 3.8) is 0 Å². The first-order valence-corrected chi connectivity index (χ1v) is 10.1. The van der Waals surface area contributed by atoms with E-state index in [9.17, 15) is 59.4 Å². The maximum absolute atomic E-state index is 15.5. The third-order valence-corrected chi connectivity index (χ3v) is 5.52. The number of rotatable bonds is 8. The van der Waals surface area contributed by atoms with Crippen molar-refractivity contribution in [2.45, 2.75) is 0 Å². The lowest BCUT2D eigenvalue weighted by molar-refractivity contribution is 0.0649. The Labute approximate surface area is 216 Å². The molecule has 3 rings (SSSR count). The quantitative estimate of drug-likeness (QED) is 0.169. The fraction of sp³-hybridized carbons (Fsp3) is 0. The Balaban J connectivity index is 2.66. The van der Waals surface area contributed by atoms with Crippen LogP contribution >= 0.6 is 0 Å². The highest BCUT2D eigenvalue weighted by Crippen LogP contribution is 2.42. The van der Waals surface area contributed by atoms with Crippen molar-refractivity contribution in [2.75, 3.05) is 0 Å². The predicted molar refractivity (Wildman–Crippen MR) is 119 cm³/mol. The van der Waals surface area contributed by atoms with E-state index in [2.05, 4.69) is 0 Å². The minimum Gasteiger partial charge on any atom is -0.478 e. The molecule has 0 aliphatic carbocycles. The Morgan fingerprint density at radius 3 is 0.800 bits per heavy atom. The Kier molecular flexibility index (Phi) is 7.31. The Hall–Kier alpha value is -5.80. The monoisotopic (exact) mass is 566 g/mol. The topological polar surface area (TPSA) is 224 Å². The zero-order valence-corrected chi connectivity index (χ0v) is 19.0. The van der Waals surface area contributed by atoms with Gasteiger partial charge in [0.25, 0.3) is 0 Å². The molecule has 0 aliphatic rings. The van der Waals surface area contributed by atoms with Gasteiger partial charge in [0.1, 0.15) is 0 Å². The Morgan fingerprint density at radius 2 is 0.600 bits per heavy atom. The zero-order chi connectivity index (χ0) is 30.4. The van der Waals surface area contributed by atoms with E-state index < -0.39 is 115 Å². The number of carboxylic acid groups (broad SMARTS) is 6. The van der Waals surface area contributed by atoms with Gasteiger partial charge in [0, 0.05) is 11.1 Å². The molecular formula is C24H10F4O12. The van der Waals surface area contributed by atoms with Gasteiger partial charge in [-0.15, -0.1) is 0 Å². The van der Waals surface area contributed by atoms with Gasteiger partial charge in [-0.05, 0) is 24.3 Å². The predicted octanol–water partition coefficient (Wildman–Crippen LogP) is 3.77. The van der Waals surface area contributed by atoms with Crippen LogP contribution in [0.2, 0.25) is 0 Å². The number of carboxylic acids is 6. The average Bonchev–Trinajstić information content (AvgIpc) is 2.86. The van der Waals surface area contributed by atoms with Gasteiger partial charge in [0.2, 0.25) is 0 Å². The number of halogens is 4. The van der Waals surface area contributed by atoms with Crippen LogP contribution in [0.25, 0.3) is 22.3 Å². The van der Waals surface area contributed by atoms with Crippen molar-refractivity contribution >= 4 is 35.8 Å². The van der Waals surface area contributed by atoms with E-state index in [1.807, 2.05) is 0 Å². The second-order valence-electron chi connectivity index (χ2n) is 7.66. The smallest absolute Gasteiger partial charge is 0.337 e. The molecule has 0 heterocycles. The molecule has 3 aromatic rings. The lowest BCUT2D eigenvalue weighted by Crippen LogP contribution is -2.17. The number of hydrogen-bond donors (Lipinski definition) is 6.